The lowest BCUT2D eigenvalue weighted by Gasteiger charge is -2.33. The summed E-state index contributed by atoms with van der Waals surface area (Å²) in [6.45, 7) is 10.1. The Hall–Kier alpha value is -1.95. The van der Waals surface area contributed by atoms with E-state index in [-0.39, 0.29) is 35.9 Å². The first-order chi connectivity index (χ1) is 12.0. The van der Waals surface area contributed by atoms with Crippen molar-refractivity contribution in [1.82, 2.24) is 10.3 Å². The van der Waals surface area contributed by atoms with Crippen LogP contribution in [0.25, 0.3) is 10.2 Å². The molecule has 1 aromatic heterocycles. The molecule has 1 amide bonds. The van der Waals surface area contributed by atoms with Gasteiger partial charge in [-0.05, 0) is 37.8 Å². The van der Waals surface area contributed by atoms with Gasteiger partial charge in [-0.25, -0.2) is 4.98 Å². The molecule has 26 heavy (non-hydrogen) atoms. The molecule has 0 aliphatic rings. The fraction of sp³-hybridized carbons (Fsp3) is 0.550. The largest absolute Gasteiger partial charge is 0.456 e. The Balaban J connectivity index is 1.75. The Morgan fingerprint density at radius 3 is 2.50 bits per heavy atom. The standard InChI is InChI=1S/C20H28N2O3S/c1-19(2,3)13-20(4,5)22-16(23)12-25-18(24)11-10-17-21-14-8-6-7-9-15(14)26-17/h6-9H,10-13H2,1-5H3,(H,22,23). The molecule has 0 aliphatic carbocycles. The molecule has 0 saturated carbocycles. The molecule has 142 valence electrons. The van der Waals surface area contributed by atoms with E-state index in [2.05, 4.69) is 31.1 Å². The zero-order valence-electron chi connectivity index (χ0n) is 16.2. The Kier molecular flexibility index (Phi) is 6.39. The fourth-order valence-corrected chi connectivity index (χ4v) is 4.20. The Morgan fingerprint density at radius 2 is 1.85 bits per heavy atom. The van der Waals surface area contributed by atoms with Gasteiger partial charge in [0, 0.05) is 12.0 Å². The predicted octanol–water partition coefficient (Wildman–Crippen LogP) is 4.10. The summed E-state index contributed by atoms with van der Waals surface area (Å²) in [7, 11) is 0. The number of nitrogens with zero attached hydrogens (tertiary/aromatic N) is 1. The lowest BCUT2D eigenvalue weighted by Crippen LogP contribution is -2.47. The summed E-state index contributed by atoms with van der Waals surface area (Å²) >= 11 is 1.58. The van der Waals surface area contributed by atoms with Gasteiger partial charge in [0.25, 0.3) is 5.91 Å². The Bertz CT molecular complexity index is 742. The number of para-hydroxylation sites is 1. The lowest BCUT2D eigenvalue weighted by molar-refractivity contribution is -0.149. The number of esters is 1. The molecule has 2 aromatic rings. The van der Waals surface area contributed by atoms with Crippen LogP contribution in [0.2, 0.25) is 0 Å². The number of carbonyl (C=O) groups is 2. The molecule has 0 bridgehead atoms. The minimum Gasteiger partial charge on any atom is -0.456 e. The second-order valence-electron chi connectivity index (χ2n) is 8.41. The van der Waals surface area contributed by atoms with Crippen molar-refractivity contribution in [3.8, 4) is 0 Å². The van der Waals surface area contributed by atoms with Crippen LogP contribution in [-0.2, 0) is 20.7 Å². The summed E-state index contributed by atoms with van der Waals surface area (Å²) in [5.74, 6) is -0.652. The number of fused-ring (bicyclic) bond motifs is 1. The number of carbonyl (C=O) groups excluding carboxylic acids is 2. The van der Waals surface area contributed by atoms with Crippen molar-refractivity contribution in [3.05, 3.63) is 29.3 Å². The molecule has 1 heterocycles. The lowest BCUT2D eigenvalue weighted by atomic mass is 9.82. The molecular weight excluding hydrogens is 348 g/mol. The summed E-state index contributed by atoms with van der Waals surface area (Å²) in [5.41, 5.74) is 0.703. The van der Waals surface area contributed by atoms with Crippen molar-refractivity contribution in [2.45, 2.75) is 59.4 Å². The normalized spacial score (nSPS) is 12.2. The highest BCUT2D eigenvalue weighted by molar-refractivity contribution is 7.18. The molecule has 1 aromatic carbocycles. The third-order valence-electron chi connectivity index (χ3n) is 3.70. The monoisotopic (exact) mass is 376 g/mol. The molecule has 5 nitrogen and oxygen atoms in total. The van der Waals surface area contributed by atoms with Gasteiger partial charge < -0.3 is 10.1 Å². The van der Waals surface area contributed by atoms with Gasteiger partial charge in [0.1, 0.15) is 0 Å². The van der Waals surface area contributed by atoms with Crippen LogP contribution in [0.15, 0.2) is 24.3 Å². The summed E-state index contributed by atoms with van der Waals surface area (Å²) in [6, 6.07) is 7.88. The topological polar surface area (TPSA) is 68.3 Å². The average molecular weight is 377 g/mol. The third-order valence-corrected chi connectivity index (χ3v) is 4.79. The minimum absolute atomic E-state index is 0.102. The average Bonchev–Trinajstić information content (AvgIpc) is 2.90. The van der Waals surface area contributed by atoms with Crippen LogP contribution in [0.1, 0.15) is 52.5 Å². The number of amides is 1. The Morgan fingerprint density at radius 1 is 1.15 bits per heavy atom. The predicted molar refractivity (Wildman–Crippen MR) is 105 cm³/mol. The van der Waals surface area contributed by atoms with Gasteiger partial charge >= 0.3 is 5.97 Å². The van der Waals surface area contributed by atoms with Crippen LogP contribution in [0.3, 0.4) is 0 Å². The summed E-state index contributed by atoms with van der Waals surface area (Å²) < 4.78 is 6.21. The highest BCUT2D eigenvalue weighted by Gasteiger charge is 2.27. The van der Waals surface area contributed by atoms with Gasteiger partial charge in [-0.2, -0.15) is 0 Å². The maximum atomic E-state index is 12.0. The van der Waals surface area contributed by atoms with Crippen LogP contribution < -0.4 is 5.32 Å². The van der Waals surface area contributed by atoms with Gasteiger partial charge in [0.15, 0.2) is 6.61 Å². The molecular formula is C20H28N2O3S. The number of rotatable bonds is 7. The van der Waals surface area contributed by atoms with E-state index in [0.29, 0.717) is 6.42 Å². The number of thiazole rings is 1. The van der Waals surface area contributed by atoms with E-state index in [1.54, 1.807) is 11.3 Å². The number of aromatic nitrogens is 1. The van der Waals surface area contributed by atoms with Crippen LogP contribution in [0.4, 0.5) is 0 Å². The number of ether oxygens (including phenoxy) is 1. The summed E-state index contributed by atoms with van der Waals surface area (Å²) in [4.78, 5) is 28.4. The summed E-state index contributed by atoms with van der Waals surface area (Å²) in [5, 5.41) is 3.84. The quantitative estimate of drug-likeness (QED) is 0.739. The zero-order chi connectivity index (χ0) is 19.4. The zero-order valence-corrected chi connectivity index (χ0v) is 17.0. The first-order valence-electron chi connectivity index (χ1n) is 8.85. The van der Waals surface area contributed by atoms with E-state index < -0.39 is 0 Å². The van der Waals surface area contributed by atoms with Gasteiger partial charge in [0.05, 0.1) is 21.6 Å². The number of benzene rings is 1. The van der Waals surface area contributed by atoms with Crippen molar-refractivity contribution in [2.24, 2.45) is 5.41 Å². The minimum atomic E-state index is -0.381. The first kappa shape index (κ1) is 20.4. The van der Waals surface area contributed by atoms with Gasteiger partial charge in [-0.3, -0.25) is 9.59 Å². The SMILES string of the molecule is CC(C)(C)CC(C)(C)NC(=O)COC(=O)CCc1nc2ccccc2s1. The first-order valence-corrected chi connectivity index (χ1v) is 9.67. The molecule has 0 radical (unpaired) electrons. The van der Waals surface area contributed by atoms with E-state index in [0.717, 1.165) is 21.6 Å². The fourth-order valence-electron chi connectivity index (χ4n) is 3.24. The molecule has 0 spiro atoms. The molecule has 0 fully saturated rings. The van der Waals surface area contributed by atoms with Crippen LogP contribution in [-0.4, -0.2) is 29.0 Å². The number of hydrogen-bond donors (Lipinski definition) is 1. The Labute approximate surface area is 159 Å². The van der Waals surface area contributed by atoms with Crippen LogP contribution >= 0.6 is 11.3 Å². The molecule has 0 aliphatic heterocycles. The van der Waals surface area contributed by atoms with Crippen molar-refractivity contribution in [2.75, 3.05) is 6.61 Å². The molecule has 0 atom stereocenters. The number of hydrogen-bond acceptors (Lipinski definition) is 5. The van der Waals surface area contributed by atoms with Crippen molar-refractivity contribution in [3.63, 3.8) is 0 Å². The van der Waals surface area contributed by atoms with Crippen molar-refractivity contribution in [1.29, 1.82) is 0 Å². The molecule has 0 unspecified atom stereocenters. The van der Waals surface area contributed by atoms with Gasteiger partial charge in [-0.1, -0.05) is 32.9 Å². The van der Waals surface area contributed by atoms with E-state index in [9.17, 15) is 9.59 Å². The smallest absolute Gasteiger partial charge is 0.306 e. The van der Waals surface area contributed by atoms with E-state index in [1.165, 1.54) is 0 Å². The highest BCUT2D eigenvalue weighted by atomic mass is 32.1. The van der Waals surface area contributed by atoms with Crippen LogP contribution in [0.5, 0.6) is 0 Å². The van der Waals surface area contributed by atoms with E-state index in [1.807, 2.05) is 38.1 Å². The number of nitrogens with one attached hydrogen (secondary N) is 1. The van der Waals surface area contributed by atoms with Crippen molar-refractivity contribution >= 4 is 33.4 Å². The van der Waals surface area contributed by atoms with E-state index in [4.69, 9.17) is 4.74 Å². The second-order valence-corrected chi connectivity index (χ2v) is 9.52. The van der Waals surface area contributed by atoms with Gasteiger partial charge in [-0.15, -0.1) is 11.3 Å². The third kappa shape index (κ3) is 6.75. The van der Waals surface area contributed by atoms with Crippen molar-refractivity contribution < 1.29 is 14.3 Å². The molecule has 2 rings (SSSR count). The van der Waals surface area contributed by atoms with Crippen LogP contribution in [0, 0.1) is 5.41 Å². The maximum Gasteiger partial charge on any atom is 0.306 e. The summed E-state index contributed by atoms with van der Waals surface area (Å²) in [6.07, 6.45) is 1.57. The molecule has 1 N–H and O–H groups in total. The highest BCUT2D eigenvalue weighted by Crippen LogP contribution is 2.26. The maximum absolute atomic E-state index is 12.0. The number of aryl methyl sites for hydroxylation is 1. The molecule has 6 heteroatoms. The van der Waals surface area contributed by atoms with Gasteiger partial charge in [0.2, 0.25) is 0 Å². The second kappa shape index (κ2) is 8.16. The molecule has 0 saturated heterocycles. The van der Waals surface area contributed by atoms with E-state index >= 15 is 0 Å².